The van der Waals surface area contributed by atoms with Crippen molar-refractivity contribution in [1.82, 2.24) is 0 Å². The Kier molecular flexibility index (Phi) is 4.63. The van der Waals surface area contributed by atoms with Crippen LogP contribution in [0.1, 0.15) is 10.4 Å². The lowest BCUT2D eigenvalue weighted by Gasteiger charge is -2.10. The molecule has 0 aliphatic heterocycles. The number of aromatic hydroxyl groups is 1. The van der Waals surface area contributed by atoms with Crippen molar-refractivity contribution in [2.24, 2.45) is 0 Å². The van der Waals surface area contributed by atoms with Crippen LogP contribution >= 0.6 is 22.6 Å². The molecule has 0 atom stereocenters. The van der Waals surface area contributed by atoms with Gasteiger partial charge in [-0.3, -0.25) is 0 Å². The van der Waals surface area contributed by atoms with Crippen molar-refractivity contribution >= 4 is 46.0 Å². The first-order chi connectivity index (χ1) is 9.97. The van der Waals surface area contributed by atoms with E-state index in [9.17, 15) is 14.7 Å². The molecule has 108 valence electrons. The summed E-state index contributed by atoms with van der Waals surface area (Å²) in [6.45, 7) is 0. The van der Waals surface area contributed by atoms with Gasteiger partial charge in [-0.15, -0.1) is 0 Å². The molecule has 2 aromatic rings. The highest BCUT2D eigenvalue weighted by Gasteiger charge is 2.12. The molecule has 0 saturated carbocycles. The van der Waals surface area contributed by atoms with E-state index in [1.54, 1.807) is 12.1 Å². The molecule has 2 aromatic carbocycles. The molecule has 2 amide bonds. The molecule has 0 aromatic heterocycles. The molecule has 0 spiro atoms. The third-order valence-electron chi connectivity index (χ3n) is 2.61. The molecule has 0 radical (unpaired) electrons. The van der Waals surface area contributed by atoms with Gasteiger partial charge in [0.25, 0.3) is 0 Å². The Balaban J connectivity index is 2.12. The van der Waals surface area contributed by atoms with Gasteiger partial charge in [0, 0.05) is 9.26 Å². The lowest BCUT2D eigenvalue weighted by Crippen LogP contribution is -2.20. The summed E-state index contributed by atoms with van der Waals surface area (Å²) in [5.74, 6) is -1.62. The van der Waals surface area contributed by atoms with Crippen molar-refractivity contribution < 1.29 is 19.8 Å². The third-order valence-corrected chi connectivity index (χ3v) is 3.55. The Labute approximate surface area is 133 Å². The number of carboxylic acids is 1. The van der Waals surface area contributed by atoms with Crippen molar-refractivity contribution in [3.8, 4) is 5.75 Å². The fourth-order valence-corrected chi connectivity index (χ4v) is 2.15. The number of aromatic carboxylic acids is 1. The summed E-state index contributed by atoms with van der Waals surface area (Å²) in [6, 6.07) is 10.6. The highest BCUT2D eigenvalue weighted by molar-refractivity contribution is 14.1. The van der Waals surface area contributed by atoms with Gasteiger partial charge in [0.2, 0.25) is 0 Å². The van der Waals surface area contributed by atoms with Crippen molar-refractivity contribution in [3.05, 3.63) is 51.6 Å². The second-order valence-corrected chi connectivity index (χ2v) is 5.26. The van der Waals surface area contributed by atoms with Crippen LogP contribution in [-0.2, 0) is 0 Å². The molecule has 7 heteroatoms. The maximum Gasteiger partial charge on any atom is 0.339 e. The largest absolute Gasteiger partial charge is 0.507 e. The second-order valence-electron chi connectivity index (χ2n) is 4.10. The average Bonchev–Trinajstić information content (AvgIpc) is 2.43. The van der Waals surface area contributed by atoms with Crippen LogP contribution in [-0.4, -0.2) is 22.2 Å². The number of hydrogen-bond donors (Lipinski definition) is 4. The van der Waals surface area contributed by atoms with Gasteiger partial charge in [0.05, 0.1) is 5.69 Å². The normalized spacial score (nSPS) is 9.95. The number of anilines is 2. The Morgan fingerprint density at radius 2 is 1.76 bits per heavy atom. The molecule has 21 heavy (non-hydrogen) atoms. The fourth-order valence-electron chi connectivity index (χ4n) is 1.63. The minimum absolute atomic E-state index is 0.272. The van der Waals surface area contributed by atoms with Crippen molar-refractivity contribution in [3.63, 3.8) is 0 Å². The maximum atomic E-state index is 11.9. The number of rotatable bonds is 3. The summed E-state index contributed by atoms with van der Waals surface area (Å²) in [6.07, 6.45) is 0. The summed E-state index contributed by atoms with van der Waals surface area (Å²) < 4.78 is 0.877. The Morgan fingerprint density at radius 1 is 1.05 bits per heavy atom. The van der Waals surface area contributed by atoms with E-state index in [0.29, 0.717) is 5.69 Å². The number of halogens is 1. The smallest absolute Gasteiger partial charge is 0.339 e. The molecule has 0 aliphatic carbocycles. The first-order valence-corrected chi connectivity index (χ1v) is 6.94. The van der Waals surface area contributed by atoms with Crippen molar-refractivity contribution in [1.29, 1.82) is 0 Å². The predicted molar refractivity (Wildman–Crippen MR) is 86.9 cm³/mol. The number of nitrogens with one attached hydrogen (secondary N) is 2. The quantitative estimate of drug-likeness (QED) is 0.471. The first kappa shape index (κ1) is 15.1. The monoisotopic (exact) mass is 398 g/mol. The van der Waals surface area contributed by atoms with Crippen LogP contribution in [0.5, 0.6) is 5.75 Å². The zero-order valence-electron chi connectivity index (χ0n) is 10.6. The molecule has 0 bridgehead atoms. The van der Waals surface area contributed by atoms with Gasteiger partial charge in [-0.2, -0.15) is 0 Å². The second kappa shape index (κ2) is 6.44. The lowest BCUT2D eigenvalue weighted by molar-refractivity contribution is 0.0693. The van der Waals surface area contributed by atoms with Crippen LogP contribution in [0.4, 0.5) is 16.2 Å². The summed E-state index contributed by atoms with van der Waals surface area (Å²) in [4.78, 5) is 22.8. The molecular formula is C14H11IN2O4. The van der Waals surface area contributed by atoms with Crippen LogP contribution in [0.2, 0.25) is 0 Å². The average molecular weight is 398 g/mol. The highest BCUT2D eigenvalue weighted by atomic mass is 127. The molecular weight excluding hydrogens is 387 g/mol. The number of carbonyl (C=O) groups excluding carboxylic acids is 1. The zero-order valence-corrected chi connectivity index (χ0v) is 12.8. The number of phenols is 1. The minimum atomic E-state index is -1.27. The molecule has 0 heterocycles. The van der Waals surface area contributed by atoms with E-state index in [-0.39, 0.29) is 17.0 Å². The Morgan fingerprint density at radius 3 is 2.43 bits per heavy atom. The third kappa shape index (κ3) is 3.85. The first-order valence-electron chi connectivity index (χ1n) is 5.86. The number of para-hydroxylation sites is 1. The topological polar surface area (TPSA) is 98.7 Å². The van der Waals surface area contributed by atoms with E-state index in [4.69, 9.17) is 5.11 Å². The van der Waals surface area contributed by atoms with Gasteiger partial charge >= 0.3 is 12.0 Å². The van der Waals surface area contributed by atoms with E-state index in [0.717, 1.165) is 3.57 Å². The summed E-state index contributed by atoms with van der Waals surface area (Å²) in [7, 11) is 0. The number of urea groups is 1. The number of benzene rings is 2. The maximum absolute atomic E-state index is 11.9. The van der Waals surface area contributed by atoms with E-state index in [2.05, 4.69) is 33.2 Å². The van der Waals surface area contributed by atoms with Gasteiger partial charge in [0.15, 0.2) is 0 Å². The Hall–Kier alpha value is -2.29. The van der Waals surface area contributed by atoms with Crippen molar-refractivity contribution in [2.45, 2.75) is 0 Å². The number of hydrogen-bond acceptors (Lipinski definition) is 3. The van der Waals surface area contributed by atoms with E-state index in [1.807, 2.05) is 12.1 Å². The predicted octanol–water partition coefficient (Wildman–Crippen LogP) is 3.34. The molecule has 0 saturated heterocycles. The van der Waals surface area contributed by atoms with Gasteiger partial charge in [0.1, 0.15) is 11.3 Å². The highest BCUT2D eigenvalue weighted by Crippen LogP contribution is 2.22. The van der Waals surface area contributed by atoms with E-state index in [1.165, 1.54) is 18.2 Å². The van der Waals surface area contributed by atoms with Gasteiger partial charge in [-0.25, -0.2) is 9.59 Å². The molecule has 4 N–H and O–H groups in total. The molecule has 0 aliphatic rings. The fraction of sp³-hybridized carbons (Fsp3) is 0. The minimum Gasteiger partial charge on any atom is -0.507 e. The van der Waals surface area contributed by atoms with E-state index < -0.39 is 12.0 Å². The number of amides is 2. The van der Waals surface area contributed by atoms with Gasteiger partial charge < -0.3 is 20.8 Å². The summed E-state index contributed by atoms with van der Waals surface area (Å²) in [5.41, 5.74) is 0.642. The summed E-state index contributed by atoms with van der Waals surface area (Å²) >= 11 is 2.09. The lowest BCUT2D eigenvalue weighted by atomic mass is 10.2. The number of carboxylic acid groups (broad SMARTS) is 1. The van der Waals surface area contributed by atoms with Crippen LogP contribution in [0.15, 0.2) is 42.5 Å². The SMILES string of the molecule is O=C(Nc1ccc(O)c(C(=O)O)c1)Nc1ccccc1I. The molecule has 0 fully saturated rings. The van der Waals surface area contributed by atoms with Crippen LogP contribution < -0.4 is 10.6 Å². The molecule has 0 unspecified atom stereocenters. The summed E-state index contributed by atoms with van der Waals surface area (Å²) in [5, 5.41) is 23.5. The van der Waals surface area contributed by atoms with Crippen LogP contribution in [0, 0.1) is 3.57 Å². The number of carbonyl (C=O) groups is 2. The van der Waals surface area contributed by atoms with Gasteiger partial charge in [-0.05, 0) is 52.9 Å². The van der Waals surface area contributed by atoms with Crippen LogP contribution in [0.3, 0.4) is 0 Å². The molecule has 2 rings (SSSR count). The standard InChI is InChI=1S/C14H11IN2O4/c15-10-3-1-2-4-11(10)17-14(21)16-8-5-6-12(18)9(7-8)13(19)20/h1-7,18H,(H,19,20)(H2,16,17,21). The van der Waals surface area contributed by atoms with Gasteiger partial charge in [-0.1, -0.05) is 12.1 Å². The Bertz CT molecular complexity index is 703. The van der Waals surface area contributed by atoms with Crippen LogP contribution in [0.25, 0.3) is 0 Å². The molecule has 6 nitrogen and oxygen atoms in total. The van der Waals surface area contributed by atoms with Crippen molar-refractivity contribution in [2.75, 3.05) is 10.6 Å². The zero-order chi connectivity index (χ0) is 15.4. The van der Waals surface area contributed by atoms with E-state index >= 15 is 0 Å².